The van der Waals surface area contributed by atoms with E-state index in [9.17, 15) is 10.4 Å². The molecule has 1 fully saturated rings. The Kier molecular flexibility index (Phi) is 7.84. The summed E-state index contributed by atoms with van der Waals surface area (Å²) in [6.07, 6.45) is 2.26. The normalized spacial score (nSPS) is 15.2. The van der Waals surface area contributed by atoms with Crippen LogP contribution in [0.3, 0.4) is 0 Å². The van der Waals surface area contributed by atoms with Crippen LogP contribution in [-0.4, -0.2) is 67.3 Å². The number of piperazine rings is 1. The van der Waals surface area contributed by atoms with Crippen molar-refractivity contribution in [1.82, 2.24) is 14.8 Å². The molecule has 0 spiro atoms. The number of methoxy groups -OCH3 is 2. The lowest BCUT2D eigenvalue weighted by Gasteiger charge is -2.34. The van der Waals surface area contributed by atoms with Gasteiger partial charge in [-0.3, -0.25) is 9.88 Å². The molecule has 0 bridgehead atoms. The third-order valence-electron chi connectivity index (χ3n) is 6.88. The van der Waals surface area contributed by atoms with Crippen LogP contribution in [0.1, 0.15) is 17.6 Å². The third kappa shape index (κ3) is 5.35. The van der Waals surface area contributed by atoms with Crippen molar-refractivity contribution < 1.29 is 19.0 Å². The number of ether oxygens (including phenoxy) is 2. The molecule has 11 heteroatoms. The van der Waals surface area contributed by atoms with Crippen LogP contribution in [0, 0.1) is 11.3 Å². The number of benzene rings is 2. The molecule has 0 amide bonds. The number of fused-ring (bicyclic) bond motifs is 1. The third-order valence-corrected chi connectivity index (χ3v) is 7.49. The second-order valence-electron chi connectivity index (χ2n) is 9.27. The second kappa shape index (κ2) is 11.3. The maximum atomic E-state index is 10.9. The zero-order chi connectivity index (χ0) is 27.7. The predicted octanol–water partition coefficient (Wildman–Crippen LogP) is 5.67. The quantitative estimate of drug-likeness (QED) is 0.292. The predicted molar refractivity (Wildman–Crippen MR) is 151 cm³/mol. The minimum absolute atomic E-state index is 0.322. The second-order valence-corrected chi connectivity index (χ2v) is 10.1. The first-order chi connectivity index (χ1) is 18.8. The Hall–Kier alpha value is -3.52. The molecule has 2 aromatic heterocycles. The van der Waals surface area contributed by atoms with E-state index in [1.54, 1.807) is 25.5 Å². The number of likely N-dealkylation sites (N-methyl/N-ethyl adjacent to an activating group) is 1. The summed E-state index contributed by atoms with van der Waals surface area (Å²) in [5, 5.41) is 25.4. The number of pyridine rings is 1. The van der Waals surface area contributed by atoms with Gasteiger partial charge in [0.15, 0.2) is 6.23 Å². The van der Waals surface area contributed by atoms with E-state index in [1.807, 2.05) is 23.1 Å². The van der Waals surface area contributed by atoms with Crippen LogP contribution in [0.2, 0.25) is 10.0 Å². The molecule has 0 saturated carbocycles. The number of nitrogens with one attached hydrogen (secondary N) is 1. The van der Waals surface area contributed by atoms with Gasteiger partial charge in [-0.15, -0.1) is 0 Å². The van der Waals surface area contributed by atoms with Gasteiger partial charge in [0.1, 0.15) is 23.3 Å². The average Bonchev–Trinajstić information content (AvgIpc) is 3.44. The molecule has 0 aliphatic carbocycles. The lowest BCUT2D eigenvalue weighted by Crippen LogP contribution is -2.45. The number of aromatic nitrogens is 1. The maximum Gasteiger partial charge on any atom is 0.166 e. The van der Waals surface area contributed by atoms with Gasteiger partial charge in [0.2, 0.25) is 0 Å². The van der Waals surface area contributed by atoms with E-state index in [0.29, 0.717) is 55.1 Å². The summed E-state index contributed by atoms with van der Waals surface area (Å²) >= 11 is 12.6. The monoisotopic (exact) mass is 567 g/mol. The summed E-state index contributed by atoms with van der Waals surface area (Å²) in [6.45, 7) is 3.25. The molecule has 1 atom stereocenters. The lowest BCUT2D eigenvalue weighted by atomic mass is 10.0. The van der Waals surface area contributed by atoms with E-state index in [0.717, 1.165) is 37.3 Å². The lowest BCUT2D eigenvalue weighted by molar-refractivity contribution is -0.0361. The van der Waals surface area contributed by atoms with Gasteiger partial charge < -0.3 is 29.2 Å². The molecule has 2 N–H and O–H groups in total. The smallest absolute Gasteiger partial charge is 0.166 e. The van der Waals surface area contributed by atoms with E-state index >= 15 is 0 Å². The number of furan rings is 1. The molecule has 1 unspecified atom stereocenters. The Labute approximate surface area is 236 Å². The number of nitriles is 1. The maximum absolute atomic E-state index is 10.9. The van der Waals surface area contributed by atoms with E-state index < -0.39 is 6.23 Å². The number of rotatable bonds is 7. The van der Waals surface area contributed by atoms with Crippen LogP contribution in [0.5, 0.6) is 11.5 Å². The minimum Gasteiger partial charge on any atom is -0.496 e. The van der Waals surface area contributed by atoms with Crippen molar-refractivity contribution >= 4 is 45.5 Å². The molecule has 39 heavy (non-hydrogen) atoms. The summed E-state index contributed by atoms with van der Waals surface area (Å²) in [5.41, 5.74) is 3.44. The summed E-state index contributed by atoms with van der Waals surface area (Å²) in [6, 6.07) is 10.9. The van der Waals surface area contributed by atoms with Crippen LogP contribution in [-0.2, 0) is 0 Å². The number of halogens is 2. The molecule has 202 valence electrons. The molecule has 9 nitrogen and oxygen atoms in total. The fourth-order valence-corrected chi connectivity index (χ4v) is 5.13. The van der Waals surface area contributed by atoms with Crippen molar-refractivity contribution in [3.05, 3.63) is 64.2 Å². The van der Waals surface area contributed by atoms with Gasteiger partial charge in [0, 0.05) is 55.0 Å². The van der Waals surface area contributed by atoms with Crippen LogP contribution in [0.15, 0.2) is 47.2 Å². The Morgan fingerprint density at radius 3 is 2.49 bits per heavy atom. The standard InChI is InChI=1S/C28H27Cl2N5O4/c1-34-4-6-35(7-5-34)28(36)26-8-16(15-39-26)18-9-22-19(10-24(18)37-2)27(17(13-31)14-32-22)33-23-12-25(38-3)21(30)11-20(23)29/h8-12,14-15,28,36H,4-7H2,1-3H3,(H,32,33). The molecule has 0 radical (unpaired) electrons. The summed E-state index contributed by atoms with van der Waals surface area (Å²) in [5.74, 6) is 1.44. The highest BCUT2D eigenvalue weighted by Crippen LogP contribution is 2.41. The molecule has 2 aromatic carbocycles. The van der Waals surface area contributed by atoms with Crippen molar-refractivity contribution in [3.63, 3.8) is 0 Å². The Morgan fingerprint density at radius 2 is 1.79 bits per heavy atom. The zero-order valence-electron chi connectivity index (χ0n) is 21.7. The first-order valence-corrected chi connectivity index (χ1v) is 13.0. The fourth-order valence-electron chi connectivity index (χ4n) is 4.62. The Morgan fingerprint density at radius 1 is 1.05 bits per heavy atom. The first-order valence-electron chi connectivity index (χ1n) is 12.2. The van der Waals surface area contributed by atoms with Gasteiger partial charge in [0.25, 0.3) is 0 Å². The average molecular weight is 568 g/mol. The van der Waals surface area contributed by atoms with Crippen molar-refractivity contribution in [2.24, 2.45) is 0 Å². The number of aliphatic hydroxyl groups is 1. The van der Waals surface area contributed by atoms with Crippen LogP contribution in [0.4, 0.5) is 11.4 Å². The summed E-state index contributed by atoms with van der Waals surface area (Å²) < 4.78 is 16.8. The number of nitrogens with zero attached hydrogens (tertiary/aromatic N) is 4. The van der Waals surface area contributed by atoms with Gasteiger partial charge in [-0.1, -0.05) is 23.2 Å². The first kappa shape index (κ1) is 27.1. The number of aliphatic hydroxyl groups excluding tert-OH is 1. The zero-order valence-corrected chi connectivity index (χ0v) is 23.2. The van der Waals surface area contributed by atoms with E-state index in [4.69, 9.17) is 37.1 Å². The number of anilines is 2. The molecular formula is C28H27Cl2N5O4. The van der Waals surface area contributed by atoms with Crippen molar-refractivity contribution in [1.29, 1.82) is 5.26 Å². The Bertz CT molecular complexity index is 1560. The van der Waals surface area contributed by atoms with Gasteiger partial charge in [-0.05, 0) is 31.3 Å². The van der Waals surface area contributed by atoms with Gasteiger partial charge in [0.05, 0.1) is 53.0 Å². The van der Waals surface area contributed by atoms with Crippen LogP contribution >= 0.6 is 23.2 Å². The highest BCUT2D eigenvalue weighted by atomic mass is 35.5. The SMILES string of the molecule is COc1cc(Nc2c(C#N)cnc3cc(-c4coc(C(O)N5CCN(C)CC5)c4)c(OC)cc23)c(Cl)cc1Cl. The Balaban J connectivity index is 1.54. The topological polar surface area (TPSA) is 107 Å². The number of hydrogen-bond acceptors (Lipinski definition) is 9. The molecule has 1 aliphatic heterocycles. The highest BCUT2D eigenvalue weighted by Gasteiger charge is 2.25. The van der Waals surface area contributed by atoms with Crippen molar-refractivity contribution in [3.8, 4) is 28.7 Å². The van der Waals surface area contributed by atoms with E-state index in [2.05, 4.69) is 28.3 Å². The van der Waals surface area contributed by atoms with Crippen molar-refractivity contribution in [2.75, 3.05) is 52.8 Å². The van der Waals surface area contributed by atoms with Crippen molar-refractivity contribution in [2.45, 2.75) is 6.23 Å². The molecule has 1 saturated heterocycles. The summed E-state index contributed by atoms with van der Waals surface area (Å²) in [7, 11) is 5.15. The van der Waals surface area contributed by atoms with Gasteiger partial charge in [-0.2, -0.15) is 5.26 Å². The number of hydrogen-bond donors (Lipinski definition) is 2. The molecule has 1 aliphatic rings. The van der Waals surface area contributed by atoms with Crippen LogP contribution < -0.4 is 14.8 Å². The van der Waals surface area contributed by atoms with Crippen LogP contribution in [0.25, 0.3) is 22.0 Å². The fraction of sp³-hybridized carbons (Fsp3) is 0.286. The highest BCUT2D eigenvalue weighted by molar-refractivity contribution is 6.37. The molecule has 3 heterocycles. The molecule has 5 rings (SSSR count). The molecular weight excluding hydrogens is 541 g/mol. The molecule has 4 aromatic rings. The van der Waals surface area contributed by atoms with Gasteiger partial charge in [-0.25, -0.2) is 0 Å². The largest absolute Gasteiger partial charge is 0.496 e. The van der Waals surface area contributed by atoms with E-state index in [1.165, 1.54) is 13.3 Å². The minimum atomic E-state index is -0.841. The van der Waals surface area contributed by atoms with E-state index in [-0.39, 0.29) is 0 Å². The van der Waals surface area contributed by atoms with Gasteiger partial charge >= 0.3 is 0 Å². The summed E-state index contributed by atoms with van der Waals surface area (Å²) in [4.78, 5) is 8.73.